The minimum Gasteiger partial charge on any atom is -0.348 e. The molecular formula is C23H26N2O2. The summed E-state index contributed by atoms with van der Waals surface area (Å²) in [6.45, 7) is 10.8. The van der Waals surface area contributed by atoms with Crippen LogP contribution >= 0.6 is 0 Å². The molecule has 1 heterocycles. The first-order valence-electron chi connectivity index (χ1n) is 9.20. The molecule has 0 radical (unpaired) electrons. The predicted molar refractivity (Wildman–Crippen MR) is 107 cm³/mol. The molecule has 0 saturated heterocycles. The van der Waals surface area contributed by atoms with Crippen LogP contribution in [0.4, 0.5) is 0 Å². The highest BCUT2D eigenvalue weighted by Gasteiger charge is 2.36. The summed E-state index contributed by atoms with van der Waals surface area (Å²) < 4.78 is 0. The molecule has 2 amide bonds. The molecule has 0 atom stereocenters. The molecule has 4 heteroatoms. The molecular weight excluding hydrogens is 336 g/mol. The van der Waals surface area contributed by atoms with E-state index < -0.39 is 0 Å². The Morgan fingerprint density at radius 3 is 2.52 bits per heavy atom. The first-order valence-corrected chi connectivity index (χ1v) is 9.20. The van der Waals surface area contributed by atoms with Gasteiger partial charge in [0.05, 0.1) is 0 Å². The Bertz CT molecular complexity index is 882. The van der Waals surface area contributed by atoms with Gasteiger partial charge in [0, 0.05) is 24.2 Å². The SMILES string of the molecule is C=CC(=O)NCc1ccc(C(=O)N2Cc3cc(C)ccc3CC2(C)C)cc1. The zero-order valence-corrected chi connectivity index (χ0v) is 16.2. The average molecular weight is 362 g/mol. The summed E-state index contributed by atoms with van der Waals surface area (Å²) in [6.07, 6.45) is 2.09. The summed E-state index contributed by atoms with van der Waals surface area (Å²) in [6, 6.07) is 13.9. The van der Waals surface area contributed by atoms with Crippen molar-refractivity contribution < 1.29 is 9.59 Å². The minimum absolute atomic E-state index is 0.0360. The van der Waals surface area contributed by atoms with Crippen LogP contribution in [0, 0.1) is 6.92 Å². The Kier molecular flexibility index (Phi) is 5.17. The third kappa shape index (κ3) is 4.11. The van der Waals surface area contributed by atoms with Gasteiger partial charge in [-0.1, -0.05) is 42.5 Å². The van der Waals surface area contributed by atoms with Gasteiger partial charge >= 0.3 is 0 Å². The lowest BCUT2D eigenvalue weighted by atomic mass is 9.84. The first kappa shape index (κ1) is 18.9. The number of carbonyl (C=O) groups is 2. The van der Waals surface area contributed by atoms with E-state index in [4.69, 9.17) is 0 Å². The van der Waals surface area contributed by atoms with Crippen molar-refractivity contribution >= 4 is 11.8 Å². The van der Waals surface area contributed by atoms with Crippen LogP contribution < -0.4 is 5.32 Å². The van der Waals surface area contributed by atoms with Crippen LogP contribution in [0.25, 0.3) is 0 Å². The quantitative estimate of drug-likeness (QED) is 0.842. The Morgan fingerprint density at radius 2 is 1.85 bits per heavy atom. The van der Waals surface area contributed by atoms with E-state index in [1.54, 1.807) is 0 Å². The topological polar surface area (TPSA) is 49.4 Å². The molecule has 2 aromatic rings. The second kappa shape index (κ2) is 7.39. The maximum Gasteiger partial charge on any atom is 0.254 e. The van der Waals surface area contributed by atoms with E-state index in [2.05, 4.69) is 50.9 Å². The number of carbonyl (C=O) groups excluding carboxylic acids is 2. The average Bonchev–Trinajstić information content (AvgIpc) is 2.65. The molecule has 3 rings (SSSR count). The van der Waals surface area contributed by atoms with Gasteiger partial charge in [0.1, 0.15) is 0 Å². The highest BCUT2D eigenvalue weighted by Crippen LogP contribution is 2.32. The fraction of sp³-hybridized carbons (Fsp3) is 0.304. The predicted octanol–water partition coefficient (Wildman–Crippen LogP) is 3.77. The molecule has 140 valence electrons. The Hall–Kier alpha value is -2.88. The highest BCUT2D eigenvalue weighted by molar-refractivity contribution is 5.95. The maximum atomic E-state index is 13.2. The Balaban J connectivity index is 1.78. The van der Waals surface area contributed by atoms with E-state index in [-0.39, 0.29) is 17.4 Å². The maximum absolute atomic E-state index is 13.2. The van der Waals surface area contributed by atoms with E-state index in [0.29, 0.717) is 18.7 Å². The van der Waals surface area contributed by atoms with Gasteiger partial charge in [-0.05, 0) is 62.1 Å². The molecule has 0 saturated carbocycles. The molecule has 0 aromatic heterocycles. The van der Waals surface area contributed by atoms with Crippen molar-refractivity contribution in [1.82, 2.24) is 10.2 Å². The summed E-state index contributed by atoms with van der Waals surface area (Å²) in [4.78, 5) is 26.4. The largest absolute Gasteiger partial charge is 0.348 e. The van der Waals surface area contributed by atoms with Gasteiger partial charge in [-0.3, -0.25) is 9.59 Å². The lowest BCUT2D eigenvalue weighted by Gasteiger charge is -2.43. The molecule has 1 aliphatic heterocycles. The number of hydrogen-bond donors (Lipinski definition) is 1. The summed E-state index contributed by atoms with van der Waals surface area (Å²) in [5, 5.41) is 2.74. The van der Waals surface area contributed by atoms with Gasteiger partial charge in [-0.25, -0.2) is 0 Å². The molecule has 0 bridgehead atoms. The van der Waals surface area contributed by atoms with E-state index in [9.17, 15) is 9.59 Å². The van der Waals surface area contributed by atoms with Crippen LogP contribution in [-0.2, 0) is 24.3 Å². The lowest BCUT2D eigenvalue weighted by Crippen LogP contribution is -2.51. The van der Waals surface area contributed by atoms with Crippen molar-refractivity contribution in [3.63, 3.8) is 0 Å². The molecule has 0 fully saturated rings. The minimum atomic E-state index is -0.240. The number of rotatable bonds is 4. The molecule has 4 nitrogen and oxygen atoms in total. The lowest BCUT2D eigenvalue weighted by molar-refractivity contribution is -0.116. The van der Waals surface area contributed by atoms with Crippen LogP contribution in [0.2, 0.25) is 0 Å². The number of fused-ring (bicyclic) bond motifs is 1. The third-order valence-electron chi connectivity index (χ3n) is 5.14. The van der Waals surface area contributed by atoms with Gasteiger partial charge in [0.2, 0.25) is 5.91 Å². The van der Waals surface area contributed by atoms with Gasteiger partial charge < -0.3 is 10.2 Å². The monoisotopic (exact) mass is 362 g/mol. The number of nitrogens with one attached hydrogen (secondary N) is 1. The van der Waals surface area contributed by atoms with E-state index in [1.807, 2.05) is 29.2 Å². The van der Waals surface area contributed by atoms with Crippen LogP contribution in [0.5, 0.6) is 0 Å². The summed E-state index contributed by atoms with van der Waals surface area (Å²) in [5.41, 5.74) is 5.13. The van der Waals surface area contributed by atoms with Gasteiger partial charge in [-0.2, -0.15) is 0 Å². The van der Waals surface area contributed by atoms with Crippen molar-refractivity contribution in [1.29, 1.82) is 0 Å². The molecule has 0 aliphatic carbocycles. The van der Waals surface area contributed by atoms with Crippen molar-refractivity contribution in [2.24, 2.45) is 0 Å². The van der Waals surface area contributed by atoms with Crippen LogP contribution in [-0.4, -0.2) is 22.3 Å². The fourth-order valence-corrected chi connectivity index (χ4v) is 3.55. The summed E-state index contributed by atoms with van der Waals surface area (Å²) in [5.74, 6) is -0.173. The number of benzene rings is 2. The van der Waals surface area contributed by atoms with Crippen LogP contribution in [0.15, 0.2) is 55.1 Å². The molecule has 1 aliphatic rings. The standard InChI is InChI=1S/C23H26N2O2/c1-5-21(26)24-14-17-7-10-18(11-8-17)22(27)25-15-20-12-16(2)6-9-19(20)13-23(25,3)4/h5-12H,1,13-15H2,2-4H3,(H,24,26). The number of nitrogens with zero attached hydrogens (tertiary/aromatic N) is 1. The Morgan fingerprint density at radius 1 is 1.15 bits per heavy atom. The van der Waals surface area contributed by atoms with Crippen LogP contribution in [0.3, 0.4) is 0 Å². The number of hydrogen-bond acceptors (Lipinski definition) is 2. The normalized spacial score (nSPS) is 15.0. The van der Waals surface area contributed by atoms with Gasteiger partial charge in [0.25, 0.3) is 5.91 Å². The zero-order valence-electron chi connectivity index (χ0n) is 16.2. The van der Waals surface area contributed by atoms with Crippen molar-refractivity contribution in [2.45, 2.75) is 45.8 Å². The molecule has 0 spiro atoms. The van der Waals surface area contributed by atoms with Gasteiger partial charge in [-0.15, -0.1) is 0 Å². The molecule has 27 heavy (non-hydrogen) atoms. The van der Waals surface area contributed by atoms with Crippen LogP contribution in [0.1, 0.15) is 46.5 Å². The van der Waals surface area contributed by atoms with E-state index in [0.717, 1.165) is 12.0 Å². The first-order chi connectivity index (χ1) is 12.8. The Labute approximate surface area is 160 Å². The second-order valence-corrected chi connectivity index (χ2v) is 7.77. The second-order valence-electron chi connectivity index (χ2n) is 7.77. The van der Waals surface area contributed by atoms with Gasteiger partial charge in [0.15, 0.2) is 0 Å². The van der Waals surface area contributed by atoms with Crippen molar-refractivity contribution in [3.8, 4) is 0 Å². The smallest absolute Gasteiger partial charge is 0.254 e. The molecule has 1 N–H and O–H groups in total. The van der Waals surface area contributed by atoms with Crippen molar-refractivity contribution in [3.05, 3.63) is 82.9 Å². The zero-order chi connectivity index (χ0) is 19.6. The number of aryl methyl sites for hydroxylation is 1. The third-order valence-corrected chi connectivity index (χ3v) is 5.14. The van der Waals surface area contributed by atoms with E-state index >= 15 is 0 Å². The summed E-state index contributed by atoms with van der Waals surface area (Å²) >= 11 is 0. The fourth-order valence-electron chi connectivity index (χ4n) is 3.55. The highest BCUT2D eigenvalue weighted by atomic mass is 16.2. The number of amides is 2. The summed E-state index contributed by atoms with van der Waals surface area (Å²) in [7, 11) is 0. The van der Waals surface area contributed by atoms with Crippen molar-refractivity contribution in [2.75, 3.05) is 0 Å². The molecule has 2 aromatic carbocycles. The molecule has 0 unspecified atom stereocenters. The van der Waals surface area contributed by atoms with E-state index in [1.165, 1.54) is 22.8 Å².